The summed E-state index contributed by atoms with van der Waals surface area (Å²) in [4.78, 5) is 10.4. The largest absolute Gasteiger partial charge is 0.394 e. The molecule has 0 saturated heterocycles. The van der Waals surface area contributed by atoms with Crippen LogP contribution in [0.25, 0.3) is 0 Å². The maximum Gasteiger partial charge on any atom is 0.159 e. The Morgan fingerprint density at radius 3 is 3.00 bits per heavy atom. The highest BCUT2D eigenvalue weighted by Gasteiger charge is 2.28. The molecule has 0 spiro atoms. The van der Waals surface area contributed by atoms with Crippen LogP contribution in [-0.4, -0.2) is 16.0 Å². The molecule has 0 radical (unpaired) electrons. The summed E-state index contributed by atoms with van der Waals surface area (Å²) in [6.07, 6.45) is 4.22. The van der Waals surface area contributed by atoms with Crippen LogP contribution < -0.4 is 10.6 Å². The van der Waals surface area contributed by atoms with E-state index in [4.69, 9.17) is 5.73 Å². The van der Waals surface area contributed by atoms with E-state index in [1.807, 2.05) is 6.07 Å². The third-order valence-corrected chi connectivity index (χ3v) is 3.15. The summed E-state index contributed by atoms with van der Waals surface area (Å²) in [5.74, 6) is 0.803. The molecule has 0 bridgehead atoms. The second-order valence-corrected chi connectivity index (χ2v) is 4.35. The highest BCUT2D eigenvalue weighted by Crippen LogP contribution is 2.38. The van der Waals surface area contributed by atoms with Gasteiger partial charge in [0.25, 0.3) is 0 Å². The number of rotatable bonds is 1. The Balaban J connectivity index is 2.13. The van der Waals surface area contributed by atoms with Crippen molar-refractivity contribution >= 4 is 17.2 Å². The molecule has 0 amide bonds. The first-order chi connectivity index (χ1) is 8.27. The number of anilines is 3. The molecule has 1 aliphatic heterocycles. The predicted molar refractivity (Wildman–Crippen MR) is 68.2 cm³/mol. The van der Waals surface area contributed by atoms with Gasteiger partial charge >= 0.3 is 0 Å². The minimum absolute atomic E-state index is 0.379. The predicted octanol–water partition coefficient (Wildman–Crippen LogP) is 2.14. The lowest BCUT2D eigenvalue weighted by Gasteiger charge is -2.24. The SMILES string of the molecule is CC1Cc2ccccc2N1c1ncncc1N. The van der Waals surface area contributed by atoms with Crippen LogP contribution in [0.15, 0.2) is 36.8 Å². The number of nitrogens with zero attached hydrogens (tertiary/aromatic N) is 3. The van der Waals surface area contributed by atoms with Gasteiger partial charge in [0.1, 0.15) is 6.33 Å². The van der Waals surface area contributed by atoms with Crippen molar-refractivity contribution in [3.8, 4) is 0 Å². The van der Waals surface area contributed by atoms with Gasteiger partial charge in [-0.05, 0) is 25.0 Å². The molecule has 2 heterocycles. The van der Waals surface area contributed by atoms with E-state index in [-0.39, 0.29) is 0 Å². The first kappa shape index (κ1) is 10.1. The minimum Gasteiger partial charge on any atom is -0.394 e. The third kappa shape index (κ3) is 1.53. The van der Waals surface area contributed by atoms with Gasteiger partial charge in [-0.1, -0.05) is 18.2 Å². The topological polar surface area (TPSA) is 55.0 Å². The molecule has 1 unspecified atom stereocenters. The number of aromatic nitrogens is 2. The van der Waals surface area contributed by atoms with Gasteiger partial charge in [-0.2, -0.15) is 0 Å². The second kappa shape index (κ2) is 3.73. The smallest absolute Gasteiger partial charge is 0.159 e. The lowest BCUT2D eigenvalue weighted by Crippen LogP contribution is -2.25. The molecule has 4 nitrogen and oxygen atoms in total. The highest BCUT2D eigenvalue weighted by molar-refractivity contribution is 5.75. The van der Waals surface area contributed by atoms with Crippen molar-refractivity contribution in [3.05, 3.63) is 42.4 Å². The van der Waals surface area contributed by atoms with Crippen molar-refractivity contribution in [1.29, 1.82) is 0 Å². The number of hydrogen-bond donors (Lipinski definition) is 1. The molecule has 1 atom stereocenters. The van der Waals surface area contributed by atoms with E-state index in [1.165, 1.54) is 11.3 Å². The van der Waals surface area contributed by atoms with Crippen molar-refractivity contribution in [2.75, 3.05) is 10.6 Å². The van der Waals surface area contributed by atoms with Crippen LogP contribution in [0.1, 0.15) is 12.5 Å². The summed E-state index contributed by atoms with van der Waals surface area (Å²) >= 11 is 0. The number of fused-ring (bicyclic) bond motifs is 1. The van der Waals surface area contributed by atoms with E-state index in [9.17, 15) is 0 Å². The van der Waals surface area contributed by atoms with Crippen LogP contribution in [0.4, 0.5) is 17.2 Å². The van der Waals surface area contributed by atoms with Crippen LogP contribution in [0.5, 0.6) is 0 Å². The van der Waals surface area contributed by atoms with Gasteiger partial charge in [0.05, 0.1) is 11.9 Å². The van der Waals surface area contributed by atoms with E-state index < -0.39 is 0 Å². The van der Waals surface area contributed by atoms with Crippen molar-refractivity contribution in [1.82, 2.24) is 9.97 Å². The Labute approximate surface area is 100 Å². The second-order valence-electron chi connectivity index (χ2n) is 4.35. The number of hydrogen-bond acceptors (Lipinski definition) is 4. The van der Waals surface area contributed by atoms with E-state index in [0.717, 1.165) is 12.2 Å². The number of benzene rings is 1. The summed E-state index contributed by atoms with van der Waals surface area (Å²) in [5.41, 5.74) is 9.12. The van der Waals surface area contributed by atoms with E-state index in [2.05, 4.69) is 40.0 Å². The van der Waals surface area contributed by atoms with Crippen LogP contribution >= 0.6 is 0 Å². The normalized spacial score (nSPS) is 18.2. The van der Waals surface area contributed by atoms with Crippen LogP contribution in [0.3, 0.4) is 0 Å². The Morgan fingerprint density at radius 1 is 1.35 bits per heavy atom. The third-order valence-electron chi connectivity index (χ3n) is 3.15. The molecule has 1 aromatic carbocycles. The van der Waals surface area contributed by atoms with Crippen molar-refractivity contribution in [3.63, 3.8) is 0 Å². The Morgan fingerprint density at radius 2 is 2.18 bits per heavy atom. The number of para-hydroxylation sites is 1. The van der Waals surface area contributed by atoms with Gasteiger partial charge in [0.2, 0.25) is 0 Å². The van der Waals surface area contributed by atoms with E-state index in [0.29, 0.717) is 11.7 Å². The lowest BCUT2D eigenvalue weighted by molar-refractivity contribution is 0.750. The quantitative estimate of drug-likeness (QED) is 0.809. The first-order valence-corrected chi connectivity index (χ1v) is 5.70. The molecule has 4 heteroatoms. The van der Waals surface area contributed by atoms with Crippen molar-refractivity contribution < 1.29 is 0 Å². The molecule has 0 aliphatic carbocycles. The van der Waals surface area contributed by atoms with Crippen molar-refractivity contribution in [2.24, 2.45) is 0 Å². The molecule has 0 saturated carbocycles. The van der Waals surface area contributed by atoms with Gasteiger partial charge < -0.3 is 10.6 Å². The van der Waals surface area contributed by atoms with E-state index >= 15 is 0 Å². The zero-order chi connectivity index (χ0) is 11.8. The monoisotopic (exact) mass is 226 g/mol. The molecule has 2 aromatic rings. The molecular formula is C13H14N4. The maximum atomic E-state index is 5.95. The summed E-state index contributed by atoms with van der Waals surface area (Å²) in [5, 5.41) is 0. The van der Waals surface area contributed by atoms with Gasteiger partial charge in [-0.15, -0.1) is 0 Å². The summed E-state index contributed by atoms with van der Waals surface area (Å²) in [6.45, 7) is 2.18. The number of nitrogen functional groups attached to an aromatic ring is 1. The van der Waals surface area contributed by atoms with Crippen LogP contribution in [-0.2, 0) is 6.42 Å². The fourth-order valence-electron chi connectivity index (χ4n) is 2.42. The zero-order valence-electron chi connectivity index (χ0n) is 9.67. The average Bonchev–Trinajstić information content (AvgIpc) is 2.66. The Bertz CT molecular complexity index is 553. The van der Waals surface area contributed by atoms with Gasteiger partial charge in [0.15, 0.2) is 5.82 Å². The first-order valence-electron chi connectivity index (χ1n) is 5.70. The minimum atomic E-state index is 0.379. The Kier molecular flexibility index (Phi) is 2.21. The van der Waals surface area contributed by atoms with Crippen molar-refractivity contribution in [2.45, 2.75) is 19.4 Å². The van der Waals surface area contributed by atoms with Crippen LogP contribution in [0, 0.1) is 0 Å². The van der Waals surface area contributed by atoms with Crippen LogP contribution in [0.2, 0.25) is 0 Å². The lowest BCUT2D eigenvalue weighted by atomic mass is 10.1. The highest BCUT2D eigenvalue weighted by atomic mass is 15.2. The zero-order valence-corrected chi connectivity index (χ0v) is 9.67. The molecule has 17 heavy (non-hydrogen) atoms. The molecule has 0 fully saturated rings. The maximum absolute atomic E-state index is 5.95. The number of nitrogens with two attached hydrogens (primary N) is 1. The standard InChI is InChI=1S/C13H14N4/c1-9-6-10-4-2-3-5-12(10)17(9)13-11(14)7-15-8-16-13/h2-5,7-9H,6,14H2,1H3. The van der Waals surface area contributed by atoms with Gasteiger partial charge in [-0.25, -0.2) is 9.97 Å². The molecule has 1 aromatic heterocycles. The summed E-state index contributed by atoms with van der Waals surface area (Å²) in [6, 6.07) is 8.76. The molecule has 3 rings (SSSR count). The van der Waals surface area contributed by atoms with Gasteiger partial charge in [-0.3, -0.25) is 0 Å². The van der Waals surface area contributed by atoms with E-state index in [1.54, 1.807) is 12.5 Å². The fraction of sp³-hybridized carbons (Fsp3) is 0.231. The summed E-state index contributed by atoms with van der Waals surface area (Å²) in [7, 11) is 0. The molecule has 86 valence electrons. The Hall–Kier alpha value is -2.10. The summed E-state index contributed by atoms with van der Waals surface area (Å²) < 4.78 is 0. The van der Waals surface area contributed by atoms with Gasteiger partial charge in [0, 0.05) is 11.7 Å². The molecular weight excluding hydrogens is 212 g/mol. The molecule has 1 aliphatic rings. The average molecular weight is 226 g/mol. The fourth-order valence-corrected chi connectivity index (χ4v) is 2.42. The molecule has 2 N–H and O–H groups in total.